The van der Waals surface area contributed by atoms with Crippen LogP contribution in [0.1, 0.15) is 46.9 Å². The molecule has 0 spiro atoms. The predicted octanol–water partition coefficient (Wildman–Crippen LogP) is 5.62. The number of carboxylic acid groups (broad SMARTS) is 1. The van der Waals surface area contributed by atoms with E-state index in [-0.39, 0.29) is 23.3 Å². The van der Waals surface area contributed by atoms with Crippen LogP contribution in [0.25, 0.3) is 6.08 Å². The summed E-state index contributed by atoms with van der Waals surface area (Å²) in [6.07, 6.45) is 3.19. The average molecular weight is 772 g/mol. The zero-order valence-electron chi connectivity index (χ0n) is 24.9. The second-order valence-corrected chi connectivity index (χ2v) is 12.6. The Morgan fingerprint density at radius 3 is 2.28 bits per heavy atom. The summed E-state index contributed by atoms with van der Waals surface area (Å²) in [6, 6.07) is 14.6. The number of thiazole rings is 1. The Hall–Kier alpha value is -4.20. The molecule has 1 atom stereocenters. The van der Waals surface area contributed by atoms with Crippen LogP contribution in [0.5, 0.6) is 17.2 Å². The Morgan fingerprint density at radius 1 is 0.978 bits per heavy atom. The van der Waals surface area contributed by atoms with Crippen LogP contribution in [0.15, 0.2) is 85.1 Å². The number of hydrogen-bond acceptors (Lipinski definition) is 9. The summed E-state index contributed by atoms with van der Waals surface area (Å²) in [4.78, 5) is 42.8. The number of benzene rings is 3. The van der Waals surface area contributed by atoms with E-state index in [0.717, 1.165) is 5.56 Å². The predicted molar refractivity (Wildman–Crippen MR) is 180 cm³/mol. The first-order valence-electron chi connectivity index (χ1n) is 14.1. The first-order chi connectivity index (χ1) is 22.1. The van der Waals surface area contributed by atoms with E-state index < -0.39 is 18.0 Å². The number of methoxy groups -OCH3 is 1. The Bertz CT molecular complexity index is 2000. The molecule has 0 amide bonds. The van der Waals surface area contributed by atoms with Gasteiger partial charge in [0, 0.05) is 6.20 Å². The number of nitrogens with zero attached hydrogens (tertiary/aromatic N) is 2. The fraction of sp³-hybridized carbons (Fsp3) is 0.212. The van der Waals surface area contributed by atoms with Crippen molar-refractivity contribution in [3.63, 3.8) is 0 Å². The molecule has 2 heterocycles. The van der Waals surface area contributed by atoms with Crippen molar-refractivity contribution in [3.8, 4) is 17.2 Å². The van der Waals surface area contributed by atoms with Crippen LogP contribution >= 0.6 is 43.2 Å². The molecule has 3 aromatic carbocycles. The van der Waals surface area contributed by atoms with Crippen molar-refractivity contribution >= 4 is 61.2 Å². The molecule has 4 aromatic rings. The molecule has 1 aliphatic rings. The molecule has 0 radical (unpaired) electrons. The lowest BCUT2D eigenvalue weighted by molar-refractivity contribution is -0.136. The third-order valence-electron chi connectivity index (χ3n) is 6.91. The topological polar surface area (TPSA) is 126 Å². The first-order valence-corrected chi connectivity index (χ1v) is 16.5. The van der Waals surface area contributed by atoms with Gasteiger partial charge in [0.1, 0.15) is 12.4 Å². The largest absolute Gasteiger partial charge is 0.490 e. The lowest BCUT2D eigenvalue weighted by atomic mass is 9.97. The number of carbonyl (C=O) groups is 2. The molecule has 238 valence electrons. The van der Waals surface area contributed by atoms with E-state index in [9.17, 15) is 14.4 Å². The normalized spacial score (nSPS) is 14.2. The van der Waals surface area contributed by atoms with Crippen molar-refractivity contribution in [2.45, 2.75) is 26.5 Å². The van der Waals surface area contributed by atoms with Gasteiger partial charge in [-0.25, -0.2) is 14.6 Å². The molecule has 0 aliphatic carbocycles. The molecule has 0 saturated heterocycles. The Kier molecular flexibility index (Phi) is 10.4. The Morgan fingerprint density at radius 2 is 1.65 bits per heavy atom. The standard InChI is InChI=1S/C33H28Br2N2O8S/c1-4-43-25-11-10-21(15-26(25)44-5-2)28-22(32(41)42-3)16-36-33-37(28)30(38)27(46-33)14-19-12-23(34)29(24(35)13-19)45-17-18-6-8-20(9-7-18)31(39)40/h6-16,28H,4-5,17H2,1-3H3,(H,39,40)/b27-14-/t28-/m1/s1. The average Bonchev–Trinajstić information content (AvgIpc) is 3.35. The van der Waals surface area contributed by atoms with Gasteiger partial charge in [-0.15, -0.1) is 0 Å². The number of halogens is 2. The van der Waals surface area contributed by atoms with Gasteiger partial charge in [0.25, 0.3) is 5.56 Å². The summed E-state index contributed by atoms with van der Waals surface area (Å²) < 4.78 is 25.8. The highest BCUT2D eigenvalue weighted by Gasteiger charge is 2.31. The molecule has 13 heteroatoms. The first kappa shape index (κ1) is 33.2. The van der Waals surface area contributed by atoms with Gasteiger partial charge in [0.15, 0.2) is 16.3 Å². The highest BCUT2D eigenvalue weighted by Crippen LogP contribution is 2.37. The maximum atomic E-state index is 14.0. The van der Waals surface area contributed by atoms with Crippen LogP contribution in [0.2, 0.25) is 0 Å². The highest BCUT2D eigenvalue weighted by molar-refractivity contribution is 9.11. The second kappa shape index (κ2) is 14.5. The molecule has 1 aliphatic heterocycles. The number of ether oxygens (including phenoxy) is 4. The van der Waals surface area contributed by atoms with Crippen LogP contribution in [-0.2, 0) is 16.1 Å². The molecule has 10 nitrogen and oxygen atoms in total. The van der Waals surface area contributed by atoms with Gasteiger partial charge in [-0.2, -0.15) is 0 Å². The van der Waals surface area contributed by atoms with Crippen LogP contribution < -0.4 is 29.1 Å². The minimum absolute atomic E-state index is 0.198. The van der Waals surface area contributed by atoms with E-state index in [4.69, 9.17) is 24.1 Å². The third-order valence-corrected chi connectivity index (χ3v) is 9.09. The van der Waals surface area contributed by atoms with Gasteiger partial charge in [0.05, 0.1) is 51.0 Å². The molecule has 0 bridgehead atoms. The monoisotopic (exact) mass is 770 g/mol. The summed E-state index contributed by atoms with van der Waals surface area (Å²) >= 11 is 8.33. The second-order valence-electron chi connectivity index (χ2n) is 9.85. The maximum absolute atomic E-state index is 14.0. The fourth-order valence-electron chi connectivity index (χ4n) is 4.84. The smallest absolute Gasteiger partial charge is 0.337 e. The Balaban J connectivity index is 1.51. The summed E-state index contributed by atoms with van der Waals surface area (Å²) in [6.45, 7) is 4.81. The lowest BCUT2D eigenvalue weighted by Crippen LogP contribution is -2.39. The molecule has 5 rings (SSSR count). The zero-order valence-corrected chi connectivity index (χ0v) is 28.9. The van der Waals surface area contributed by atoms with Crippen LogP contribution in [0, 0.1) is 0 Å². The third kappa shape index (κ3) is 6.96. The number of carbonyl (C=O) groups excluding carboxylic acids is 1. The zero-order chi connectivity index (χ0) is 33.0. The SMILES string of the molecule is CCOc1ccc([C@@H]2C(C(=O)OC)=CN=c3s/c(=C\c4cc(Br)c(OCc5ccc(C(=O)O)cc5)c(Br)c4)c(=O)n32)cc1OCC. The van der Waals surface area contributed by atoms with E-state index >= 15 is 0 Å². The highest BCUT2D eigenvalue weighted by atomic mass is 79.9. The van der Waals surface area contributed by atoms with Crippen molar-refractivity contribution in [1.29, 1.82) is 0 Å². The van der Waals surface area contributed by atoms with Crippen LogP contribution in [0.4, 0.5) is 0 Å². The molecule has 1 N–H and O–H groups in total. The molecule has 0 fully saturated rings. The Labute approximate surface area is 284 Å². The number of hydrogen-bond donors (Lipinski definition) is 1. The number of fused-ring (bicyclic) bond motifs is 1. The summed E-state index contributed by atoms with van der Waals surface area (Å²) in [5.41, 5.74) is 2.23. The quantitative estimate of drug-likeness (QED) is 0.195. The van der Waals surface area contributed by atoms with Gasteiger partial charge in [-0.05, 0) is 105 Å². The van der Waals surface area contributed by atoms with E-state index in [0.29, 0.717) is 59.9 Å². The molecular weight excluding hydrogens is 744 g/mol. The van der Waals surface area contributed by atoms with E-state index in [1.165, 1.54) is 41.3 Å². The molecular formula is C33H28Br2N2O8S. The maximum Gasteiger partial charge on any atom is 0.337 e. The summed E-state index contributed by atoms with van der Waals surface area (Å²) in [7, 11) is 1.29. The summed E-state index contributed by atoms with van der Waals surface area (Å²) in [5.74, 6) is 0.0101. The van der Waals surface area contributed by atoms with Gasteiger partial charge < -0.3 is 24.1 Å². The molecule has 0 saturated carbocycles. The van der Waals surface area contributed by atoms with Gasteiger partial charge >= 0.3 is 11.9 Å². The summed E-state index contributed by atoms with van der Waals surface area (Å²) in [5, 5.41) is 9.11. The fourth-order valence-corrected chi connectivity index (χ4v) is 7.26. The van der Waals surface area contributed by atoms with Crippen LogP contribution in [-0.4, -0.2) is 41.9 Å². The van der Waals surface area contributed by atoms with Crippen molar-refractivity contribution in [3.05, 3.63) is 117 Å². The number of carboxylic acids is 1. The van der Waals surface area contributed by atoms with Crippen molar-refractivity contribution in [1.82, 2.24) is 4.57 Å². The van der Waals surface area contributed by atoms with E-state index in [1.54, 1.807) is 36.4 Å². The van der Waals surface area contributed by atoms with Gasteiger partial charge in [-0.1, -0.05) is 29.5 Å². The van der Waals surface area contributed by atoms with Crippen molar-refractivity contribution < 1.29 is 33.6 Å². The number of rotatable bonds is 11. The number of aromatic nitrogens is 1. The minimum atomic E-state index is -0.993. The van der Waals surface area contributed by atoms with Crippen molar-refractivity contribution in [2.24, 2.45) is 4.99 Å². The van der Waals surface area contributed by atoms with Crippen molar-refractivity contribution in [2.75, 3.05) is 20.3 Å². The molecule has 46 heavy (non-hydrogen) atoms. The molecule has 1 aromatic heterocycles. The lowest BCUT2D eigenvalue weighted by Gasteiger charge is -2.23. The van der Waals surface area contributed by atoms with E-state index in [2.05, 4.69) is 36.9 Å². The number of aromatic carboxylic acids is 1. The van der Waals surface area contributed by atoms with Crippen LogP contribution in [0.3, 0.4) is 0 Å². The van der Waals surface area contributed by atoms with E-state index in [1.807, 2.05) is 26.0 Å². The molecule has 0 unspecified atom stereocenters. The minimum Gasteiger partial charge on any atom is -0.490 e. The van der Waals surface area contributed by atoms with Gasteiger partial charge in [-0.3, -0.25) is 9.36 Å². The number of esters is 1. The van der Waals surface area contributed by atoms with Gasteiger partial charge in [0.2, 0.25) is 0 Å².